The molecule has 0 amide bonds. The molecule has 137 heavy (non-hydrogen) atoms. The first-order chi connectivity index (χ1) is 60.0. The van der Waals surface area contributed by atoms with Gasteiger partial charge in [-0.3, -0.25) is 9.59 Å². The van der Waals surface area contributed by atoms with Crippen molar-refractivity contribution in [3.63, 3.8) is 0 Å². The van der Waals surface area contributed by atoms with Gasteiger partial charge in [0.1, 0.15) is 46.2 Å². The van der Waals surface area contributed by atoms with Gasteiger partial charge >= 0.3 is 38.5 Å². The van der Waals surface area contributed by atoms with Gasteiger partial charge in [-0.15, -0.1) is 0 Å². The van der Waals surface area contributed by atoms with Crippen LogP contribution in [0.3, 0.4) is 0 Å². The zero-order valence-electron chi connectivity index (χ0n) is 75.9. The van der Waals surface area contributed by atoms with E-state index in [0.29, 0.717) is 35.3 Å². The molecular weight excluding hydrogens is 1830 g/mol. The predicted molar refractivity (Wildman–Crippen MR) is 561 cm³/mol. The van der Waals surface area contributed by atoms with Crippen LogP contribution in [0.5, 0.6) is 34.5 Å². The maximum absolute atomic E-state index is 13.6. The summed E-state index contributed by atoms with van der Waals surface area (Å²) in [6.45, 7) is 28.4. The highest BCUT2D eigenvalue weighted by Crippen LogP contribution is 2.51. The number of alkyl halides is 6. The summed E-state index contributed by atoms with van der Waals surface area (Å²) in [4.78, 5) is 32.1. The maximum atomic E-state index is 13.6. The lowest BCUT2D eigenvalue weighted by Crippen LogP contribution is -2.61. The van der Waals surface area contributed by atoms with E-state index in [-0.39, 0.29) is 131 Å². The number of halogens is 6. The fraction of sp³-hybridized carbons (Fsp3) is 0.446. The molecule has 0 heterocycles. The van der Waals surface area contributed by atoms with Crippen molar-refractivity contribution in [3.05, 3.63) is 288 Å². The molecule has 10 aromatic rings. The van der Waals surface area contributed by atoms with Crippen molar-refractivity contribution < 1.29 is 95.4 Å². The second-order valence-electron chi connectivity index (χ2n) is 32.5. The predicted octanol–water partition coefficient (Wildman–Crippen LogP) is 33.1. The summed E-state index contributed by atoms with van der Waals surface area (Å²) in [6.07, 6.45) is 12.9. The summed E-state index contributed by atoms with van der Waals surface area (Å²) in [7, 11) is -9.29. The molecule has 1 fully saturated rings. The van der Waals surface area contributed by atoms with Gasteiger partial charge in [-0.25, -0.2) is 8.42 Å². The number of carbonyl (C=O) groups is 2. The number of rotatable bonds is 28. The smallest absolute Gasteiger partial charge is 0.450 e. The van der Waals surface area contributed by atoms with E-state index in [0.717, 1.165) is 99.2 Å². The van der Waals surface area contributed by atoms with Gasteiger partial charge in [0.25, 0.3) is 0 Å². The molecule has 2 aliphatic carbocycles. The number of phenolic OH excluding ortho intramolecular Hbond substituents is 2. The quantitative estimate of drug-likeness (QED) is 0.0153. The number of methoxy groups -OCH3 is 3. The molecule has 0 radical (unpaired) electrons. The molecular formula is C112H165F6O15S4+. The van der Waals surface area contributed by atoms with E-state index in [9.17, 15) is 57.3 Å². The van der Waals surface area contributed by atoms with Crippen LogP contribution in [0.25, 0.3) is 0 Å². The molecule has 0 saturated heterocycles. The first-order valence-electron chi connectivity index (χ1n) is 42.8. The van der Waals surface area contributed by atoms with Gasteiger partial charge < -0.3 is 42.6 Å². The topological polar surface area (TPSA) is 221 Å². The Morgan fingerprint density at radius 2 is 0.766 bits per heavy atom. The van der Waals surface area contributed by atoms with E-state index in [2.05, 4.69) is 191 Å². The zero-order valence-corrected chi connectivity index (χ0v) is 79.1. The van der Waals surface area contributed by atoms with E-state index >= 15 is 0 Å². The third-order valence-corrected chi connectivity index (χ3v) is 29.3. The summed E-state index contributed by atoms with van der Waals surface area (Å²) in [5.41, 5.74) is 5.97. The number of ether oxygens (including phenoxy) is 5. The molecule has 1 saturated carbocycles. The number of fused-ring (bicyclic) bond motifs is 1. The van der Waals surface area contributed by atoms with Crippen LogP contribution < -0.4 is 18.4 Å². The third kappa shape index (κ3) is 38.3. The number of phenols is 2. The molecule has 0 aliphatic heterocycles. The van der Waals surface area contributed by atoms with Gasteiger partial charge in [0.15, 0.2) is 39.5 Å². The largest absolute Gasteiger partial charge is 0.743 e. The molecule has 0 aromatic heterocycles. The van der Waals surface area contributed by atoms with Crippen molar-refractivity contribution >= 4 is 54.0 Å². The first-order valence-corrected chi connectivity index (χ1v) is 48.1. The van der Waals surface area contributed by atoms with Crippen molar-refractivity contribution in [2.75, 3.05) is 21.3 Å². The Kier molecular flexibility index (Phi) is 62.2. The molecule has 0 spiro atoms. The molecule has 0 bridgehead atoms. The van der Waals surface area contributed by atoms with Crippen LogP contribution in [-0.2, 0) is 67.5 Å². The Labute approximate surface area is 828 Å². The lowest BCUT2D eigenvalue weighted by molar-refractivity contribution is -0.247. The molecule has 25 heteroatoms. The number of aryl methyl sites for hydroxylation is 2. The summed E-state index contributed by atoms with van der Waals surface area (Å²) in [5, 5.41) is 4.37. The monoisotopic (exact) mass is 1990 g/mol. The fourth-order valence-electron chi connectivity index (χ4n) is 13.0. The second kappa shape index (κ2) is 62.9. The van der Waals surface area contributed by atoms with E-state index in [1.165, 1.54) is 76.6 Å². The molecule has 15 nitrogen and oxygen atoms in total. The minimum absolute atomic E-state index is 0. The molecule has 4 unspecified atom stereocenters. The highest BCUT2D eigenvalue weighted by atomic mass is 32.2. The highest BCUT2D eigenvalue weighted by Gasteiger charge is 2.81. The van der Waals surface area contributed by atoms with Crippen molar-refractivity contribution in [2.24, 2.45) is 10.8 Å². The normalized spacial score (nSPS) is 13.3. The lowest BCUT2D eigenvalue weighted by Gasteiger charge is -2.32. The molecule has 12 rings (SSSR count). The van der Waals surface area contributed by atoms with E-state index in [1.807, 2.05) is 109 Å². The lowest BCUT2D eigenvalue weighted by atomic mass is 9.87. The molecule has 10 aromatic carbocycles. The van der Waals surface area contributed by atoms with Crippen LogP contribution in [0.2, 0.25) is 0 Å². The van der Waals surface area contributed by atoms with Crippen LogP contribution >= 0.6 is 0 Å². The summed E-state index contributed by atoms with van der Waals surface area (Å²) in [5.74, 6) is -3.67. The van der Waals surface area contributed by atoms with Crippen molar-refractivity contribution in [1.29, 1.82) is 0 Å². The highest BCUT2D eigenvalue weighted by molar-refractivity contribution is 7.97. The summed E-state index contributed by atoms with van der Waals surface area (Å²) < 4.78 is 165. The van der Waals surface area contributed by atoms with E-state index in [4.69, 9.17) is 33.9 Å². The van der Waals surface area contributed by atoms with Crippen molar-refractivity contribution in [2.45, 2.75) is 330 Å². The fourth-order valence-corrected chi connectivity index (χ4v) is 18.7. The molecule has 4 atom stereocenters. The number of aromatic hydroxyl groups is 2. The van der Waals surface area contributed by atoms with Gasteiger partial charge in [0.05, 0.1) is 53.9 Å². The first kappa shape index (κ1) is 136. The van der Waals surface area contributed by atoms with Crippen LogP contribution in [0.15, 0.2) is 284 Å². The molecule has 2 aliphatic rings. The molecule has 768 valence electrons. The maximum Gasteiger partial charge on any atom is 0.450 e. The Hall–Kier alpha value is -9.92. The summed E-state index contributed by atoms with van der Waals surface area (Å²) >= 11 is 0. The summed E-state index contributed by atoms with van der Waals surface area (Å²) in [6, 6.07) is 82.4. The van der Waals surface area contributed by atoms with Crippen LogP contribution in [0.4, 0.5) is 26.3 Å². The van der Waals surface area contributed by atoms with E-state index in [1.54, 1.807) is 52.5 Å². The average Bonchev–Trinajstić information content (AvgIpc) is 0.810. The standard InChI is InChI=1S/C21H21O2S.C18H15S.C17H24O3.C13H14F6O6S2.C13H24O2.2C10H14O.10CH4/c1-16-7-4-10-19(13-16)24(20-11-5-8-17(14-20)22-2)21-12-6-9-18(15-21)23-3;1-4-10-16(11-5-1)19(17-12-6-2-7-13-17)18-14-8-3-9-15-18;1-5-17(2,3)16(18)20-15-8-6-7-12-11-13(19-4)9-10-14(12)15;1-3-8(2)9-4-6-10(7-5-9)25-27(23,24)13(18,19)11(14,15)12(16,17)26(20,21)22;1-5-12(3,4)11(14)15-13(6-2)9-7-8-10-13;2*1-3-8(2)9-4-6-10(11)7-5-9;;;;;;;;;;/h4-15H,1-3H3;1-15H;9-11,15H,5-8H2,1-4H3;4-8H,3H2,1-2H3,(H,20,21,22);5-10H2,1-4H3;2*4-8,11H,3H2,1-2H3;10*1H4/q2*+1;;;;;;;;;;;;;;;/p-1. The minimum Gasteiger partial charge on any atom is -0.743 e. The Morgan fingerprint density at radius 3 is 1.12 bits per heavy atom. The van der Waals surface area contributed by atoms with Crippen molar-refractivity contribution in [3.8, 4) is 34.5 Å². The van der Waals surface area contributed by atoms with Crippen LogP contribution in [-0.4, -0.2) is 86.9 Å². The van der Waals surface area contributed by atoms with Crippen LogP contribution in [0.1, 0.15) is 299 Å². The second-order valence-corrected chi connectivity index (χ2v) is 39.5. The third-order valence-electron chi connectivity index (χ3n) is 22.7. The SMILES string of the molecule is C.C.C.C.C.C.C.C.C.C.CCC(C)(C)C(=O)OC1CCCc2cc(OC)ccc21.CCC(C)c1ccc(O)cc1.CCC(C)c1ccc(O)cc1.CCC(C)c1ccc(OS(=O)(=O)C(F)(F)C(F)(F)C(F)(F)S(=O)(=O)[O-])cc1.CCC1(OC(=O)C(C)(C)CC)CCCC1.COc1cccc([S+](c2cccc(C)c2)c2cccc(OC)c2)c1.c1ccc([S+](c2ccccc2)c2ccccc2)cc1. The van der Waals surface area contributed by atoms with Gasteiger partial charge in [0, 0.05) is 12.1 Å². The Bertz CT molecular complexity index is 5050. The minimum atomic E-state index is -7.33. The number of benzene rings is 10. The number of hydrogen-bond acceptors (Lipinski definition) is 15. The number of esters is 2. The van der Waals surface area contributed by atoms with Gasteiger partial charge in [-0.05, 0) is 291 Å². The van der Waals surface area contributed by atoms with Gasteiger partial charge in [0.2, 0.25) is 0 Å². The number of carbonyl (C=O) groups excluding carboxylic acids is 2. The van der Waals surface area contributed by atoms with Crippen molar-refractivity contribution in [1.82, 2.24) is 0 Å². The Morgan fingerprint density at radius 1 is 0.431 bits per heavy atom. The zero-order chi connectivity index (χ0) is 94.1. The number of hydrogen-bond donors (Lipinski definition) is 2. The van der Waals surface area contributed by atoms with Gasteiger partial charge in [-0.2, -0.15) is 34.8 Å². The Balaban J connectivity index is -0.000000497. The van der Waals surface area contributed by atoms with Gasteiger partial charge in [-0.1, -0.05) is 258 Å². The van der Waals surface area contributed by atoms with E-state index < -0.39 is 47.8 Å². The molecule has 2 N–H and O–H groups in total. The average molecular weight is 1990 g/mol. The van der Waals surface area contributed by atoms with Crippen LogP contribution in [0, 0.1) is 17.8 Å².